The fraction of sp³-hybridized carbons (Fsp3) is 0.222. The molecule has 0 aliphatic carbocycles. The first-order valence-corrected chi connectivity index (χ1v) is 7.33. The van der Waals surface area contributed by atoms with Gasteiger partial charge in [0.05, 0.1) is 13.0 Å². The predicted octanol–water partition coefficient (Wildman–Crippen LogP) is 2.71. The third-order valence-electron chi connectivity index (χ3n) is 3.30. The van der Waals surface area contributed by atoms with Gasteiger partial charge in [0.1, 0.15) is 5.75 Å². The van der Waals surface area contributed by atoms with E-state index in [0.717, 1.165) is 5.56 Å². The molecule has 120 valence electrons. The number of benzene rings is 2. The molecule has 0 spiro atoms. The van der Waals surface area contributed by atoms with Crippen LogP contribution in [0.1, 0.15) is 23.6 Å². The summed E-state index contributed by atoms with van der Waals surface area (Å²) in [7, 11) is 0. The first-order chi connectivity index (χ1) is 11.1. The number of nitrogens with one attached hydrogen (secondary N) is 1. The Labute approximate surface area is 134 Å². The van der Waals surface area contributed by atoms with Crippen LogP contribution in [0.25, 0.3) is 0 Å². The Morgan fingerprint density at radius 3 is 2.35 bits per heavy atom. The molecule has 0 bridgehead atoms. The van der Waals surface area contributed by atoms with Crippen LogP contribution in [0, 0.1) is 6.92 Å². The van der Waals surface area contributed by atoms with Gasteiger partial charge in [-0.3, -0.25) is 4.79 Å². The summed E-state index contributed by atoms with van der Waals surface area (Å²) in [5, 5.41) is 11.8. The third kappa shape index (κ3) is 5.14. The van der Waals surface area contributed by atoms with E-state index in [1.165, 1.54) is 0 Å². The molecule has 0 aliphatic heterocycles. The number of carboxylic acids is 1. The van der Waals surface area contributed by atoms with E-state index < -0.39 is 12.0 Å². The van der Waals surface area contributed by atoms with E-state index in [4.69, 9.17) is 4.74 Å². The summed E-state index contributed by atoms with van der Waals surface area (Å²) in [4.78, 5) is 23.2. The Kier molecular flexibility index (Phi) is 5.74. The van der Waals surface area contributed by atoms with Gasteiger partial charge in [-0.15, -0.1) is 0 Å². The standard InChI is InChI=1S/C18H19NO4/c1-13-7-9-15(10-8-13)23-12-11-16(20)19-17(18(21)22)14-5-3-2-4-6-14/h2-10,17H,11-12H2,1H3,(H,19,20)(H,21,22)/t17-/m0/s1. The predicted molar refractivity (Wildman–Crippen MR) is 86.3 cm³/mol. The maximum atomic E-state index is 11.9. The monoisotopic (exact) mass is 313 g/mol. The van der Waals surface area contributed by atoms with Gasteiger partial charge in [0.2, 0.25) is 5.91 Å². The summed E-state index contributed by atoms with van der Waals surface area (Å²) >= 11 is 0. The van der Waals surface area contributed by atoms with E-state index in [2.05, 4.69) is 5.32 Å². The molecule has 0 heterocycles. The van der Waals surface area contributed by atoms with Crippen LogP contribution >= 0.6 is 0 Å². The lowest BCUT2D eigenvalue weighted by molar-refractivity contribution is -0.142. The summed E-state index contributed by atoms with van der Waals surface area (Å²) in [5.74, 6) is -0.779. The van der Waals surface area contributed by atoms with Crippen LogP contribution in [0.4, 0.5) is 0 Å². The zero-order chi connectivity index (χ0) is 16.7. The number of carboxylic acid groups (broad SMARTS) is 1. The number of aliphatic carboxylic acids is 1. The van der Waals surface area contributed by atoms with Gasteiger partial charge in [-0.2, -0.15) is 0 Å². The van der Waals surface area contributed by atoms with Gasteiger partial charge in [0.25, 0.3) is 0 Å². The number of carbonyl (C=O) groups is 2. The second-order valence-electron chi connectivity index (χ2n) is 5.16. The van der Waals surface area contributed by atoms with Gasteiger partial charge in [-0.1, -0.05) is 48.0 Å². The first-order valence-electron chi connectivity index (χ1n) is 7.33. The van der Waals surface area contributed by atoms with E-state index in [0.29, 0.717) is 11.3 Å². The lowest BCUT2D eigenvalue weighted by atomic mass is 10.1. The quantitative estimate of drug-likeness (QED) is 0.824. The van der Waals surface area contributed by atoms with Gasteiger partial charge in [0.15, 0.2) is 6.04 Å². The first kappa shape index (κ1) is 16.5. The lowest BCUT2D eigenvalue weighted by Crippen LogP contribution is -2.34. The van der Waals surface area contributed by atoms with Crippen LogP contribution in [0.5, 0.6) is 5.75 Å². The highest BCUT2D eigenvalue weighted by Gasteiger charge is 2.21. The Balaban J connectivity index is 1.85. The molecular weight excluding hydrogens is 294 g/mol. The Morgan fingerprint density at radius 2 is 1.74 bits per heavy atom. The molecule has 2 rings (SSSR count). The summed E-state index contributed by atoms with van der Waals surface area (Å²) in [6, 6.07) is 15.0. The number of hydrogen-bond donors (Lipinski definition) is 2. The minimum Gasteiger partial charge on any atom is -0.493 e. The van der Waals surface area contributed by atoms with Crippen LogP contribution in [0.3, 0.4) is 0 Å². The number of rotatable bonds is 7. The summed E-state index contributed by atoms with van der Waals surface area (Å²) < 4.78 is 5.47. The topological polar surface area (TPSA) is 75.6 Å². The average molecular weight is 313 g/mol. The van der Waals surface area contributed by atoms with Crippen LogP contribution in [-0.4, -0.2) is 23.6 Å². The fourth-order valence-corrected chi connectivity index (χ4v) is 2.06. The molecule has 0 aromatic heterocycles. The number of carbonyl (C=O) groups excluding carboxylic acids is 1. The Morgan fingerprint density at radius 1 is 1.09 bits per heavy atom. The molecule has 0 radical (unpaired) electrons. The fourth-order valence-electron chi connectivity index (χ4n) is 2.06. The number of aryl methyl sites for hydroxylation is 1. The largest absolute Gasteiger partial charge is 0.493 e. The minimum atomic E-state index is -1.09. The van der Waals surface area contributed by atoms with E-state index in [-0.39, 0.29) is 18.9 Å². The maximum absolute atomic E-state index is 11.9. The molecule has 2 N–H and O–H groups in total. The van der Waals surface area contributed by atoms with E-state index in [9.17, 15) is 14.7 Å². The summed E-state index contributed by atoms with van der Waals surface area (Å²) in [6.07, 6.45) is 0.0878. The van der Waals surface area contributed by atoms with Gasteiger partial charge in [0, 0.05) is 0 Å². The SMILES string of the molecule is Cc1ccc(OCCC(=O)N[C@H](C(=O)O)c2ccccc2)cc1. The van der Waals surface area contributed by atoms with Gasteiger partial charge in [-0.05, 0) is 24.6 Å². The van der Waals surface area contributed by atoms with Crippen molar-refractivity contribution in [1.82, 2.24) is 5.32 Å². The Hall–Kier alpha value is -2.82. The normalized spacial score (nSPS) is 11.5. The molecule has 5 heteroatoms. The Bertz CT molecular complexity index is 652. The molecule has 2 aromatic carbocycles. The van der Waals surface area contributed by atoms with Crippen LogP contribution in [0.15, 0.2) is 54.6 Å². The number of hydrogen-bond acceptors (Lipinski definition) is 3. The molecule has 0 unspecified atom stereocenters. The highest BCUT2D eigenvalue weighted by Crippen LogP contribution is 2.14. The lowest BCUT2D eigenvalue weighted by Gasteiger charge is -2.15. The van der Waals surface area contributed by atoms with Crippen molar-refractivity contribution in [2.45, 2.75) is 19.4 Å². The molecule has 0 saturated heterocycles. The smallest absolute Gasteiger partial charge is 0.330 e. The molecule has 0 saturated carbocycles. The molecular formula is C18H19NO4. The zero-order valence-corrected chi connectivity index (χ0v) is 12.9. The average Bonchev–Trinajstić information content (AvgIpc) is 2.55. The van der Waals surface area contributed by atoms with Crippen molar-refractivity contribution in [3.8, 4) is 5.75 Å². The molecule has 1 amide bonds. The van der Waals surface area contributed by atoms with Crippen LogP contribution < -0.4 is 10.1 Å². The second-order valence-corrected chi connectivity index (χ2v) is 5.16. The minimum absolute atomic E-state index is 0.0878. The van der Waals surface area contributed by atoms with Crippen molar-refractivity contribution in [3.05, 3.63) is 65.7 Å². The van der Waals surface area contributed by atoms with Crippen LogP contribution in [-0.2, 0) is 9.59 Å². The van der Waals surface area contributed by atoms with Gasteiger partial charge < -0.3 is 15.2 Å². The maximum Gasteiger partial charge on any atom is 0.330 e. The number of amides is 1. The molecule has 23 heavy (non-hydrogen) atoms. The van der Waals surface area contributed by atoms with Crippen molar-refractivity contribution in [2.75, 3.05) is 6.61 Å². The highest BCUT2D eigenvalue weighted by molar-refractivity contribution is 5.84. The molecule has 5 nitrogen and oxygen atoms in total. The van der Waals surface area contributed by atoms with E-state index >= 15 is 0 Å². The van der Waals surface area contributed by atoms with Crippen molar-refractivity contribution in [2.24, 2.45) is 0 Å². The second kappa shape index (κ2) is 7.98. The summed E-state index contributed by atoms with van der Waals surface area (Å²) in [6.45, 7) is 2.17. The molecule has 0 fully saturated rings. The molecule has 0 aliphatic rings. The zero-order valence-electron chi connectivity index (χ0n) is 12.9. The van der Waals surface area contributed by atoms with Crippen molar-refractivity contribution in [3.63, 3.8) is 0 Å². The van der Waals surface area contributed by atoms with Crippen LogP contribution in [0.2, 0.25) is 0 Å². The highest BCUT2D eigenvalue weighted by atomic mass is 16.5. The van der Waals surface area contributed by atoms with Crippen molar-refractivity contribution < 1.29 is 19.4 Å². The molecule has 1 atom stereocenters. The van der Waals surface area contributed by atoms with Crippen molar-refractivity contribution >= 4 is 11.9 Å². The number of ether oxygens (including phenoxy) is 1. The molecule has 2 aromatic rings. The summed E-state index contributed by atoms with van der Waals surface area (Å²) in [5.41, 5.74) is 1.66. The third-order valence-corrected chi connectivity index (χ3v) is 3.30. The van der Waals surface area contributed by atoms with E-state index in [1.54, 1.807) is 30.3 Å². The van der Waals surface area contributed by atoms with Gasteiger partial charge >= 0.3 is 5.97 Å². The van der Waals surface area contributed by atoms with E-state index in [1.807, 2.05) is 31.2 Å². The van der Waals surface area contributed by atoms with Gasteiger partial charge in [-0.25, -0.2) is 4.79 Å². The van der Waals surface area contributed by atoms with Crippen molar-refractivity contribution in [1.29, 1.82) is 0 Å².